The number of aliphatic imine (C=N–C) groups is 1. The summed E-state index contributed by atoms with van der Waals surface area (Å²) >= 11 is 6.25. The molecule has 0 aliphatic carbocycles. The molecule has 3 heterocycles. The van der Waals surface area contributed by atoms with Crippen molar-refractivity contribution in [3.8, 4) is 22.6 Å². The third-order valence-electron chi connectivity index (χ3n) is 11.0. The standard InChI is InChI=1S/C45H42BClN6O5/c1-28-50-51-44-40(49-43(31-12-14-37(47)15-13-31)39-25-38(58-2)16-17-41(39)53(28)44)26-42(54)48-27-29-6-3-7-32(22-29)30-18-20-52(21-19-30)45(55)35-10-4-8-33(23-35)34-9-5-11-36(24-34)46(56)57/h3-17,22-25,30,40,56-57H,18-21,26-27H2,1-2H3,(H,48,54)/t40-/m0/s1. The summed E-state index contributed by atoms with van der Waals surface area (Å²) in [5, 5.41) is 31.8. The van der Waals surface area contributed by atoms with Crippen LogP contribution in [0, 0.1) is 6.92 Å². The minimum absolute atomic E-state index is 0.0228. The molecule has 11 nitrogen and oxygen atoms in total. The van der Waals surface area contributed by atoms with Crippen LogP contribution in [-0.2, 0) is 11.3 Å². The second-order valence-corrected chi connectivity index (χ2v) is 15.1. The predicted molar refractivity (Wildman–Crippen MR) is 225 cm³/mol. The number of nitrogens with zero attached hydrogens (tertiary/aromatic N) is 5. The molecular weight excluding hydrogens is 751 g/mol. The van der Waals surface area contributed by atoms with E-state index in [1.165, 1.54) is 5.56 Å². The molecule has 13 heteroatoms. The first-order chi connectivity index (χ1) is 28.1. The summed E-state index contributed by atoms with van der Waals surface area (Å²) in [6.07, 6.45) is 1.71. The quantitative estimate of drug-likeness (QED) is 0.140. The molecule has 0 bridgehead atoms. The molecule has 0 unspecified atom stereocenters. The monoisotopic (exact) mass is 792 g/mol. The number of amides is 2. The number of aromatic nitrogens is 3. The second kappa shape index (κ2) is 16.8. The zero-order chi connectivity index (χ0) is 40.3. The van der Waals surface area contributed by atoms with E-state index in [0.717, 1.165) is 46.3 Å². The van der Waals surface area contributed by atoms with Crippen LogP contribution in [0.5, 0.6) is 5.75 Å². The van der Waals surface area contributed by atoms with E-state index in [-0.39, 0.29) is 24.2 Å². The average molecular weight is 793 g/mol. The largest absolute Gasteiger partial charge is 0.497 e. The summed E-state index contributed by atoms with van der Waals surface area (Å²) in [4.78, 5) is 34.4. The van der Waals surface area contributed by atoms with Gasteiger partial charge in [-0.3, -0.25) is 19.1 Å². The number of hydrogen-bond acceptors (Lipinski definition) is 8. The third kappa shape index (κ3) is 8.17. The number of hydrogen-bond donors (Lipinski definition) is 3. The van der Waals surface area contributed by atoms with Gasteiger partial charge in [0.05, 0.1) is 24.9 Å². The van der Waals surface area contributed by atoms with Crippen molar-refractivity contribution in [1.82, 2.24) is 25.0 Å². The van der Waals surface area contributed by atoms with Crippen molar-refractivity contribution in [1.29, 1.82) is 0 Å². The fourth-order valence-electron chi connectivity index (χ4n) is 7.89. The number of methoxy groups -OCH3 is 1. The van der Waals surface area contributed by atoms with E-state index in [1.807, 2.05) is 101 Å². The van der Waals surface area contributed by atoms with Crippen LogP contribution in [0.25, 0.3) is 16.8 Å². The Kier molecular flexibility index (Phi) is 11.2. The maximum Gasteiger partial charge on any atom is 0.488 e. The zero-order valence-electron chi connectivity index (χ0n) is 32.2. The Balaban J connectivity index is 0.928. The lowest BCUT2D eigenvalue weighted by Gasteiger charge is -2.32. The van der Waals surface area contributed by atoms with Gasteiger partial charge in [-0.05, 0) is 95.9 Å². The van der Waals surface area contributed by atoms with Crippen LogP contribution < -0.4 is 15.5 Å². The highest BCUT2D eigenvalue weighted by atomic mass is 35.5. The lowest BCUT2D eigenvalue weighted by atomic mass is 9.79. The number of aryl methyl sites for hydroxylation is 1. The smallest absolute Gasteiger partial charge is 0.488 e. The minimum atomic E-state index is -1.56. The summed E-state index contributed by atoms with van der Waals surface area (Å²) in [7, 11) is 0.0624. The Bertz CT molecular complexity index is 2510. The molecule has 1 aromatic heterocycles. The molecule has 1 fully saturated rings. The van der Waals surface area contributed by atoms with E-state index in [2.05, 4.69) is 27.6 Å². The van der Waals surface area contributed by atoms with Gasteiger partial charge in [-0.25, -0.2) is 0 Å². The van der Waals surface area contributed by atoms with E-state index in [0.29, 0.717) is 58.8 Å². The third-order valence-corrected chi connectivity index (χ3v) is 11.2. The minimum Gasteiger partial charge on any atom is -0.497 e. The van der Waals surface area contributed by atoms with Crippen molar-refractivity contribution in [2.75, 3.05) is 20.2 Å². The van der Waals surface area contributed by atoms with Crippen molar-refractivity contribution in [2.24, 2.45) is 4.99 Å². The van der Waals surface area contributed by atoms with Gasteiger partial charge in [0.25, 0.3) is 5.91 Å². The number of carbonyl (C=O) groups is 2. The summed E-state index contributed by atoms with van der Waals surface area (Å²) in [6.45, 7) is 3.49. The Morgan fingerprint density at radius 2 is 1.60 bits per heavy atom. The topological polar surface area (TPSA) is 142 Å². The Labute approximate surface area is 342 Å². The first-order valence-electron chi connectivity index (χ1n) is 19.3. The number of halogens is 1. The second-order valence-electron chi connectivity index (χ2n) is 14.7. The van der Waals surface area contributed by atoms with Gasteiger partial charge >= 0.3 is 7.12 Å². The summed E-state index contributed by atoms with van der Waals surface area (Å²) in [5.74, 6) is 2.03. The predicted octanol–water partition coefficient (Wildman–Crippen LogP) is 6.20. The molecule has 6 aromatic rings. The number of benzene rings is 5. The summed E-state index contributed by atoms with van der Waals surface area (Å²) < 4.78 is 7.55. The number of fused-ring (bicyclic) bond motifs is 3. The highest BCUT2D eigenvalue weighted by molar-refractivity contribution is 6.58. The molecule has 2 amide bonds. The van der Waals surface area contributed by atoms with Crippen LogP contribution in [0.1, 0.15) is 75.5 Å². The van der Waals surface area contributed by atoms with Gasteiger partial charge in [-0.2, -0.15) is 0 Å². The summed E-state index contributed by atoms with van der Waals surface area (Å²) in [6, 6.07) is 35.4. The molecule has 2 aliphatic heterocycles. The number of carbonyl (C=O) groups excluding carboxylic acids is 2. The van der Waals surface area contributed by atoms with Crippen molar-refractivity contribution in [3.05, 3.63) is 160 Å². The Morgan fingerprint density at radius 3 is 2.36 bits per heavy atom. The molecule has 0 spiro atoms. The van der Waals surface area contributed by atoms with E-state index < -0.39 is 13.2 Å². The lowest BCUT2D eigenvalue weighted by Crippen LogP contribution is -2.38. The van der Waals surface area contributed by atoms with E-state index in [1.54, 1.807) is 25.3 Å². The van der Waals surface area contributed by atoms with E-state index in [9.17, 15) is 19.6 Å². The lowest BCUT2D eigenvalue weighted by molar-refractivity contribution is -0.121. The number of ether oxygens (including phenoxy) is 1. The molecule has 1 saturated heterocycles. The number of nitrogens with one attached hydrogen (secondary N) is 1. The molecule has 2 aliphatic rings. The van der Waals surface area contributed by atoms with Crippen LogP contribution >= 0.6 is 11.6 Å². The molecular formula is C45H42BClN6O5. The highest BCUT2D eigenvalue weighted by Crippen LogP contribution is 2.35. The maximum atomic E-state index is 13.7. The molecule has 8 rings (SSSR count). The summed E-state index contributed by atoms with van der Waals surface area (Å²) in [5.41, 5.74) is 8.04. The molecule has 5 aromatic carbocycles. The van der Waals surface area contributed by atoms with Crippen LogP contribution in [0.15, 0.2) is 120 Å². The van der Waals surface area contributed by atoms with Crippen molar-refractivity contribution in [3.63, 3.8) is 0 Å². The van der Waals surface area contributed by atoms with Gasteiger partial charge in [-0.1, -0.05) is 84.4 Å². The highest BCUT2D eigenvalue weighted by Gasteiger charge is 2.30. The van der Waals surface area contributed by atoms with Crippen molar-refractivity contribution >= 4 is 41.7 Å². The fourth-order valence-corrected chi connectivity index (χ4v) is 8.02. The number of rotatable bonds is 10. The van der Waals surface area contributed by atoms with E-state index >= 15 is 0 Å². The molecule has 3 N–H and O–H groups in total. The normalized spacial score (nSPS) is 15.2. The van der Waals surface area contributed by atoms with Crippen molar-refractivity contribution in [2.45, 2.75) is 44.7 Å². The van der Waals surface area contributed by atoms with Crippen LogP contribution in [0.3, 0.4) is 0 Å². The zero-order valence-corrected chi connectivity index (χ0v) is 32.9. The first-order valence-corrected chi connectivity index (χ1v) is 19.7. The van der Waals surface area contributed by atoms with Gasteiger partial charge in [0.1, 0.15) is 17.6 Å². The first kappa shape index (κ1) is 38.8. The average Bonchev–Trinajstić information content (AvgIpc) is 3.58. The maximum absolute atomic E-state index is 13.7. The van der Waals surface area contributed by atoms with Gasteiger partial charge in [0.2, 0.25) is 5.91 Å². The van der Waals surface area contributed by atoms with Gasteiger partial charge < -0.3 is 25.0 Å². The van der Waals surface area contributed by atoms with Gasteiger partial charge in [0.15, 0.2) is 5.82 Å². The Hall–Kier alpha value is -6.08. The number of likely N-dealkylation sites (tertiary alicyclic amines) is 1. The van der Waals surface area contributed by atoms with Crippen LogP contribution in [0.4, 0.5) is 0 Å². The van der Waals surface area contributed by atoms with Crippen LogP contribution in [0.2, 0.25) is 5.02 Å². The molecule has 292 valence electrons. The fraction of sp³-hybridized carbons (Fsp3) is 0.222. The van der Waals surface area contributed by atoms with Crippen LogP contribution in [-0.4, -0.2) is 74.6 Å². The van der Waals surface area contributed by atoms with Crippen molar-refractivity contribution < 1.29 is 24.4 Å². The van der Waals surface area contributed by atoms with E-state index in [4.69, 9.17) is 21.3 Å². The number of piperidine rings is 1. The molecule has 0 radical (unpaired) electrons. The van der Waals surface area contributed by atoms with Gasteiger partial charge in [0, 0.05) is 41.3 Å². The van der Waals surface area contributed by atoms with Gasteiger partial charge in [-0.15, -0.1) is 10.2 Å². The molecule has 1 atom stereocenters. The molecule has 58 heavy (non-hydrogen) atoms. The SMILES string of the molecule is COc1ccc2c(c1)C(c1ccc(Cl)cc1)=N[C@@H](CC(=O)NCc1cccc(C3CCN(C(=O)c4cccc(-c5cccc(B(O)O)c5)c4)CC3)c1)c1nnc(C)n1-2. The molecule has 0 saturated carbocycles. The Morgan fingerprint density at radius 1 is 0.862 bits per heavy atom.